The highest BCUT2D eigenvalue weighted by Gasteiger charge is 2.30. The highest BCUT2D eigenvalue weighted by atomic mass is 31.2. The predicted molar refractivity (Wildman–Crippen MR) is 308 cm³/mol. The van der Waals surface area contributed by atoms with Crippen molar-refractivity contribution in [3.8, 4) is 0 Å². The predicted octanol–water partition coefficient (Wildman–Crippen LogP) is 15.7. The van der Waals surface area contributed by atoms with Crippen LogP contribution in [0.15, 0.2) is 0 Å². The van der Waals surface area contributed by atoms with E-state index in [0.717, 1.165) is 108 Å². The highest BCUT2D eigenvalue weighted by Crippen LogP contribution is 2.45. The van der Waals surface area contributed by atoms with Crippen LogP contribution >= 0.6 is 15.6 Å². The van der Waals surface area contributed by atoms with E-state index in [2.05, 4.69) is 41.5 Å². The van der Waals surface area contributed by atoms with E-state index in [1.807, 2.05) is 0 Å². The molecule has 19 heteroatoms. The summed E-state index contributed by atoms with van der Waals surface area (Å²) in [5.41, 5.74) is 0. The highest BCUT2D eigenvalue weighted by molar-refractivity contribution is 7.47. The van der Waals surface area contributed by atoms with Crippen LogP contribution in [0, 0.1) is 11.8 Å². The second-order valence-electron chi connectivity index (χ2n) is 22.1. The Balaban J connectivity index is 5.20. The average molecular weight is 1160 g/mol. The number of aliphatic hydroxyl groups is 1. The lowest BCUT2D eigenvalue weighted by atomic mass is 10.00. The van der Waals surface area contributed by atoms with E-state index in [4.69, 9.17) is 37.0 Å². The molecule has 0 amide bonds. The number of phosphoric acid groups is 2. The van der Waals surface area contributed by atoms with E-state index < -0.39 is 97.5 Å². The number of rotatable bonds is 58. The monoisotopic (exact) mass is 1160 g/mol. The summed E-state index contributed by atoms with van der Waals surface area (Å²) in [5.74, 6) is -0.707. The van der Waals surface area contributed by atoms with Gasteiger partial charge in [0, 0.05) is 25.7 Å². The van der Waals surface area contributed by atoms with Gasteiger partial charge in [0.2, 0.25) is 0 Å². The molecule has 0 rings (SSSR count). The molecule has 0 heterocycles. The number of hydrogen-bond acceptors (Lipinski definition) is 15. The van der Waals surface area contributed by atoms with E-state index in [1.165, 1.54) is 96.3 Å². The van der Waals surface area contributed by atoms with E-state index in [9.17, 15) is 43.2 Å². The second-order valence-corrected chi connectivity index (χ2v) is 25.0. The molecule has 0 aromatic rings. The SMILES string of the molecule is CCCCCCCCCCCCCCC(=O)O[C@H](COC(=O)CCCCCCCCCCC(C)C)COP(=O)(O)OC[C@@H](O)COP(=O)(O)OC[C@@H](COC(=O)CCCCCCC)OC(=O)CCCCCCCCC(C)CC. The van der Waals surface area contributed by atoms with Crippen LogP contribution in [0.5, 0.6) is 0 Å². The van der Waals surface area contributed by atoms with Gasteiger partial charge in [-0.05, 0) is 37.5 Å². The smallest absolute Gasteiger partial charge is 0.462 e. The van der Waals surface area contributed by atoms with Gasteiger partial charge < -0.3 is 33.8 Å². The number of ether oxygens (including phenoxy) is 4. The van der Waals surface area contributed by atoms with Gasteiger partial charge in [-0.2, -0.15) is 0 Å². The summed E-state index contributed by atoms with van der Waals surface area (Å²) in [5, 5.41) is 10.5. The molecule has 0 aromatic carbocycles. The molecular formula is C59H114O17P2. The molecule has 0 aliphatic rings. The molecule has 0 aromatic heterocycles. The van der Waals surface area contributed by atoms with Gasteiger partial charge in [0.15, 0.2) is 12.2 Å². The summed E-state index contributed by atoms with van der Waals surface area (Å²) in [4.78, 5) is 71.7. The molecule has 0 bridgehead atoms. The van der Waals surface area contributed by atoms with Crippen LogP contribution in [-0.2, 0) is 65.4 Å². The van der Waals surface area contributed by atoms with Crippen LogP contribution in [0.2, 0.25) is 0 Å². The van der Waals surface area contributed by atoms with E-state index >= 15 is 0 Å². The Morgan fingerprint density at radius 1 is 0.372 bits per heavy atom. The molecule has 0 spiro atoms. The Hall–Kier alpha value is -1.94. The first-order chi connectivity index (χ1) is 37.4. The lowest BCUT2D eigenvalue weighted by molar-refractivity contribution is -0.161. The van der Waals surface area contributed by atoms with Gasteiger partial charge in [-0.25, -0.2) is 9.13 Å². The van der Waals surface area contributed by atoms with Crippen molar-refractivity contribution in [2.45, 2.75) is 304 Å². The first-order valence-corrected chi connectivity index (χ1v) is 34.0. The molecule has 17 nitrogen and oxygen atoms in total. The molecule has 6 atom stereocenters. The Morgan fingerprint density at radius 3 is 0.974 bits per heavy atom. The minimum Gasteiger partial charge on any atom is -0.462 e. The van der Waals surface area contributed by atoms with Gasteiger partial charge in [0.05, 0.1) is 26.4 Å². The van der Waals surface area contributed by atoms with Gasteiger partial charge in [-0.15, -0.1) is 0 Å². The summed E-state index contributed by atoms with van der Waals surface area (Å²) < 4.78 is 67.6. The summed E-state index contributed by atoms with van der Waals surface area (Å²) in [6, 6.07) is 0. The zero-order valence-electron chi connectivity index (χ0n) is 50.0. The molecule has 0 saturated carbocycles. The van der Waals surface area contributed by atoms with Crippen LogP contribution in [0.4, 0.5) is 0 Å². The third-order valence-electron chi connectivity index (χ3n) is 13.8. The lowest BCUT2D eigenvalue weighted by Gasteiger charge is -2.21. The summed E-state index contributed by atoms with van der Waals surface area (Å²) in [7, 11) is -9.87. The number of aliphatic hydroxyl groups excluding tert-OH is 1. The van der Waals surface area contributed by atoms with Gasteiger partial charge in [0.1, 0.15) is 19.3 Å². The Kier molecular flexibility index (Phi) is 50.6. The van der Waals surface area contributed by atoms with Gasteiger partial charge in [-0.3, -0.25) is 37.3 Å². The van der Waals surface area contributed by atoms with E-state index in [0.29, 0.717) is 25.7 Å². The van der Waals surface area contributed by atoms with Gasteiger partial charge >= 0.3 is 39.5 Å². The molecule has 0 radical (unpaired) electrons. The summed E-state index contributed by atoms with van der Waals surface area (Å²) in [6.07, 6.45) is 32.5. The van der Waals surface area contributed by atoms with Crippen molar-refractivity contribution < 1.29 is 80.2 Å². The molecule has 78 heavy (non-hydrogen) atoms. The van der Waals surface area contributed by atoms with Crippen LogP contribution in [0.1, 0.15) is 286 Å². The van der Waals surface area contributed by atoms with Crippen molar-refractivity contribution in [1.82, 2.24) is 0 Å². The van der Waals surface area contributed by atoms with Crippen molar-refractivity contribution in [2.24, 2.45) is 11.8 Å². The van der Waals surface area contributed by atoms with Crippen molar-refractivity contribution in [1.29, 1.82) is 0 Å². The molecule has 0 saturated heterocycles. The van der Waals surface area contributed by atoms with Crippen LogP contribution in [-0.4, -0.2) is 96.7 Å². The maximum atomic E-state index is 12.9. The van der Waals surface area contributed by atoms with E-state index in [-0.39, 0.29) is 25.7 Å². The van der Waals surface area contributed by atoms with Crippen LogP contribution in [0.25, 0.3) is 0 Å². The molecule has 0 aliphatic carbocycles. The first kappa shape index (κ1) is 76.1. The first-order valence-electron chi connectivity index (χ1n) is 31.0. The van der Waals surface area contributed by atoms with Crippen molar-refractivity contribution in [3.63, 3.8) is 0 Å². The molecule has 3 unspecified atom stereocenters. The van der Waals surface area contributed by atoms with Crippen molar-refractivity contribution in [2.75, 3.05) is 39.6 Å². The molecular weight excluding hydrogens is 1040 g/mol. The van der Waals surface area contributed by atoms with Crippen LogP contribution in [0.3, 0.4) is 0 Å². The maximum absolute atomic E-state index is 12.9. The quantitative estimate of drug-likeness (QED) is 0.0222. The number of unbranched alkanes of at least 4 members (excludes halogenated alkanes) is 27. The molecule has 0 fully saturated rings. The average Bonchev–Trinajstić information content (AvgIpc) is 3.40. The Bertz CT molecular complexity index is 1550. The number of hydrogen-bond donors (Lipinski definition) is 3. The zero-order valence-corrected chi connectivity index (χ0v) is 51.7. The Morgan fingerprint density at radius 2 is 0.654 bits per heavy atom. The second kappa shape index (κ2) is 51.9. The number of esters is 4. The Labute approximate surface area is 473 Å². The summed E-state index contributed by atoms with van der Waals surface area (Å²) >= 11 is 0. The minimum absolute atomic E-state index is 0.102. The number of phosphoric ester groups is 2. The lowest BCUT2D eigenvalue weighted by Crippen LogP contribution is -2.30. The maximum Gasteiger partial charge on any atom is 0.472 e. The standard InChI is InChI=1S/C59H114O17P2/c1-7-10-12-14-15-16-17-18-19-24-31-37-43-58(63)75-55(48-70-57(62)42-36-30-23-21-20-22-28-33-39-51(4)5)50-74-78(67,68)72-46-53(60)45-71-77(65,66)73-49-54(47-69-56(61)41-35-27-13-11-8-2)76-59(64)44-38-32-26-25-29-34-40-52(6)9-3/h51-55,60H,7-50H2,1-6H3,(H,65,66)(H,67,68)/t52?,53-,54+,55+/m0/s1. The fourth-order valence-electron chi connectivity index (χ4n) is 8.61. The van der Waals surface area contributed by atoms with Gasteiger partial charge in [-0.1, -0.05) is 234 Å². The molecule has 3 N–H and O–H groups in total. The normalized spacial score (nSPS) is 14.8. The fraction of sp³-hybridized carbons (Fsp3) is 0.932. The van der Waals surface area contributed by atoms with Gasteiger partial charge in [0.25, 0.3) is 0 Å². The largest absolute Gasteiger partial charge is 0.472 e. The molecule has 0 aliphatic heterocycles. The summed E-state index contributed by atoms with van der Waals surface area (Å²) in [6.45, 7) is 9.28. The fourth-order valence-corrected chi connectivity index (χ4v) is 10.2. The van der Waals surface area contributed by atoms with Crippen molar-refractivity contribution in [3.05, 3.63) is 0 Å². The number of carbonyl (C=O) groups is 4. The number of carbonyl (C=O) groups excluding carboxylic acids is 4. The van der Waals surface area contributed by atoms with E-state index in [1.54, 1.807) is 0 Å². The van der Waals surface area contributed by atoms with Crippen molar-refractivity contribution >= 4 is 39.5 Å². The third kappa shape index (κ3) is 52.2. The minimum atomic E-state index is -4.94. The topological polar surface area (TPSA) is 237 Å². The zero-order chi connectivity index (χ0) is 58.0. The molecule has 462 valence electrons. The van der Waals surface area contributed by atoms with Crippen LogP contribution < -0.4 is 0 Å². The third-order valence-corrected chi connectivity index (χ3v) is 15.7.